The van der Waals surface area contributed by atoms with Crippen LogP contribution in [0.15, 0.2) is 23.1 Å². The number of alkyl halides is 1. The minimum atomic E-state index is -3.51. The molecule has 0 spiro atoms. The van der Waals surface area contributed by atoms with Crippen molar-refractivity contribution in [2.75, 3.05) is 11.6 Å². The van der Waals surface area contributed by atoms with E-state index in [-0.39, 0.29) is 27.1 Å². The van der Waals surface area contributed by atoms with Gasteiger partial charge in [-0.3, -0.25) is 0 Å². The molecule has 0 aromatic heterocycles. The third-order valence-corrected chi connectivity index (χ3v) is 4.25. The van der Waals surface area contributed by atoms with E-state index in [9.17, 15) is 8.42 Å². The summed E-state index contributed by atoms with van der Waals surface area (Å²) in [6.45, 7) is 0. The van der Waals surface area contributed by atoms with Crippen LogP contribution in [0.5, 0.6) is 0 Å². The van der Waals surface area contributed by atoms with Gasteiger partial charge in [-0.15, -0.1) is 11.6 Å². The maximum atomic E-state index is 11.7. The van der Waals surface area contributed by atoms with Gasteiger partial charge >= 0.3 is 0 Å². The molecular weight excluding hydrogens is 257 g/mol. The van der Waals surface area contributed by atoms with Crippen molar-refractivity contribution in [2.24, 2.45) is 0 Å². The van der Waals surface area contributed by atoms with Gasteiger partial charge in [0.2, 0.25) is 0 Å². The molecule has 0 fully saturated rings. The van der Waals surface area contributed by atoms with Gasteiger partial charge in [0.15, 0.2) is 9.84 Å². The third kappa shape index (κ3) is 2.63. The van der Waals surface area contributed by atoms with Gasteiger partial charge in [0.1, 0.15) is 6.07 Å². The number of benzene rings is 1. The van der Waals surface area contributed by atoms with E-state index in [1.807, 2.05) is 0 Å². The topological polar surface area (TPSA) is 57.9 Å². The Labute approximate surface area is 98.2 Å². The number of nitrogens with zero attached hydrogens (tertiary/aromatic N) is 1. The highest BCUT2D eigenvalue weighted by molar-refractivity contribution is 7.91. The summed E-state index contributed by atoms with van der Waals surface area (Å²) in [7, 11) is -3.51. The Morgan fingerprint density at radius 2 is 2.07 bits per heavy atom. The average molecular weight is 264 g/mol. The molecule has 80 valence electrons. The molecule has 15 heavy (non-hydrogen) atoms. The molecule has 1 aromatic carbocycles. The molecule has 0 amide bonds. The minimum absolute atomic E-state index is 0.0142. The second-order valence-electron chi connectivity index (χ2n) is 2.73. The summed E-state index contributed by atoms with van der Waals surface area (Å²) in [6, 6.07) is 6.09. The lowest BCUT2D eigenvalue weighted by atomic mass is 10.2. The van der Waals surface area contributed by atoms with Crippen LogP contribution in [0.4, 0.5) is 0 Å². The maximum Gasteiger partial charge on any atom is 0.180 e. The van der Waals surface area contributed by atoms with Crippen LogP contribution < -0.4 is 0 Å². The molecule has 0 heterocycles. The van der Waals surface area contributed by atoms with Crippen molar-refractivity contribution in [1.82, 2.24) is 0 Å². The van der Waals surface area contributed by atoms with Crippen LogP contribution in [0.25, 0.3) is 0 Å². The predicted molar refractivity (Wildman–Crippen MR) is 58.9 cm³/mol. The first-order valence-corrected chi connectivity index (χ1v) is 6.56. The van der Waals surface area contributed by atoms with E-state index in [1.54, 1.807) is 6.07 Å². The van der Waals surface area contributed by atoms with Gasteiger partial charge in [0.05, 0.1) is 21.2 Å². The van der Waals surface area contributed by atoms with Crippen molar-refractivity contribution in [1.29, 1.82) is 5.26 Å². The van der Waals surface area contributed by atoms with Crippen LogP contribution >= 0.6 is 23.2 Å². The van der Waals surface area contributed by atoms with Gasteiger partial charge < -0.3 is 0 Å². The molecule has 3 nitrogen and oxygen atoms in total. The molecule has 1 rings (SSSR count). The fourth-order valence-corrected chi connectivity index (χ4v) is 3.14. The molecule has 6 heteroatoms. The number of hydrogen-bond donors (Lipinski definition) is 0. The van der Waals surface area contributed by atoms with Crippen LogP contribution in [0.3, 0.4) is 0 Å². The fraction of sp³-hybridized carbons (Fsp3) is 0.222. The first-order valence-electron chi connectivity index (χ1n) is 4.00. The van der Waals surface area contributed by atoms with E-state index in [4.69, 9.17) is 28.5 Å². The normalized spacial score (nSPS) is 11.0. The van der Waals surface area contributed by atoms with E-state index in [0.29, 0.717) is 0 Å². The highest BCUT2D eigenvalue weighted by Crippen LogP contribution is 2.23. The SMILES string of the molecule is N#Cc1c(Cl)cccc1S(=O)(=O)CCCl. The molecule has 0 aliphatic heterocycles. The van der Waals surface area contributed by atoms with E-state index in [1.165, 1.54) is 18.2 Å². The van der Waals surface area contributed by atoms with Gasteiger partial charge in [0, 0.05) is 5.88 Å². The van der Waals surface area contributed by atoms with Crippen LogP contribution in [0, 0.1) is 11.3 Å². The van der Waals surface area contributed by atoms with Gasteiger partial charge in [-0.2, -0.15) is 5.26 Å². The summed E-state index contributed by atoms with van der Waals surface area (Å²) in [5.41, 5.74) is -0.0238. The highest BCUT2D eigenvalue weighted by Gasteiger charge is 2.19. The molecule has 0 bridgehead atoms. The van der Waals surface area contributed by atoms with Crippen molar-refractivity contribution in [2.45, 2.75) is 4.90 Å². The molecule has 0 aliphatic rings. The maximum absolute atomic E-state index is 11.7. The van der Waals surface area contributed by atoms with Crippen molar-refractivity contribution in [3.63, 3.8) is 0 Å². The molecule has 0 N–H and O–H groups in total. The average Bonchev–Trinajstić information content (AvgIpc) is 2.17. The number of nitriles is 1. The summed E-state index contributed by atoms with van der Waals surface area (Å²) in [4.78, 5) is -0.0573. The Hall–Kier alpha value is -0.760. The summed E-state index contributed by atoms with van der Waals surface area (Å²) < 4.78 is 23.3. The Morgan fingerprint density at radius 1 is 1.40 bits per heavy atom. The molecular formula is C9H7Cl2NO2S. The van der Waals surface area contributed by atoms with Crippen LogP contribution in [-0.2, 0) is 9.84 Å². The first kappa shape index (κ1) is 12.3. The summed E-state index contributed by atoms with van der Waals surface area (Å²) >= 11 is 11.1. The quantitative estimate of drug-likeness (QED) is 0.786. The zero-order valence-corrected chi connectivity index (χ0v) is 9.90. The number of halogens is 2. The number of hydrogen-bond acceptors (Lipinski definition) is 3. The van der Waals surface area contributed by atoms with Gasteiger partial charge in [-0.1, -0.05) is 17.7 Å². The third-order valence-electron chi connectivity index (χ3n) is 1.77. The molecule has 0 saturated heterocycles. The smallest absolute Gasteiger partial charge is 0.180 e. The van der Waals surface area contributed by atoms with E-state index >= 15 is 0 Å². The predicted octanol–water partition coefficient (Wildman–Crippen LogP) is 2.22. The second-order valence-corrected chi connectivity index (χ2v) is 5.60. The monoisotopic (exact) mass is 263 g/mol. The summed E-state index contributed by atoms with van der Waals surface area (Å²) in [5.74, 6) is -0.219. The Balaban J connectivity index is 3.40. The van der Waals surface area contributed by atoms with E-state index in [2.05, 4.69) is 0 Å². The lowest BCUT2D eigenvalue weighted by Gasteiger charge is -2.05. The van der Waals surface area contributed by atoms with Crippen LogP contribution in [0.2, 0.25) is 5.02 Å². The van der Waals surface area contributed by atoms with Gasteiger partial charge in [-0.25, -0.2) is 8.42 Å². The fourth-order valence-electron chi connectivity index (χ4n) is 1.08. The summed E-state index contributed by atoms with van der Waals surface area (Å²) in [6.07, 6.45) is 0. The zero-order valence-electron chi connectivity index (χ0n) is 7.57. The van der Waals surface area contributed by atoms with Gasteiger partial charge in [-0.05, 0) is 12.1 Å². The number of sulfone groups is 1. The van der Waals surface area contributed by atoms with Crippen molar-refractivity contribution in [3.8, 4) is 6.07 Å². The van der Waals surface area contributed by atoms with E-state index < -0.39 is 9.84 Å². The first-order chi connectivity index (χ1) is 7.03. The minimum Gasteiger partial charge on any atom is -0.224 e. The van der Waals surface area contributed by atoms with Gasteiger partial charge in [0.25, 0.3) is 0 Å². The van der Waals surface area contributed by atoms with Crippen molar-refractivity contribution in [3.05, 3.63) is 28.8 Å². The van der Waals surface area contributed by atoms with Crippen LogP contribution in [0.1, 0.15) is 5.56 Å². The molecule has 0 saturated carbocycles. The highest BCUT2D eigenvalue weighted by atomic mass is 35.5. The Kier molecular flexibility index (Phi) is 3.97. The number of rotatable bonds is 3. The van der Waals surface area contributed by atoms with Crippen LogP contribution in [-0.4, -0.2) is 20.1 Å². The van der Waals surface area contributed by atoms with E-state index in [0.717, 1.165) is 0 Å². The standard InChI is InChI=1S/C9H7Cl2NO2S/c10-4-5-15(13,14)9-3-1-2-8(11)7(9)6-12/h1-3H,4-5H2. The molecule has 1 aromatic rings. The van der Waals surface area contributed by atoms with Crippen molar-refractivity contribution >= 4 is 33.0 Å². The lowest BCUT2D eigenvalue weighted by molar-refractivity contribution is 0.597. The molecule has 0 aliphatic carbocycles. The zero-order chi connectivity index (χ0) is 11.5. The molecule has 0 radical (unpaired) electrons. The van der Waals surface area contributed by atoms with Crippen molar-refractivity contribution < 1.29 is 8.42 Å². The Morgan fingerprint density at radius 3 is 2.60 bits per heavy atom. The lowest BCUT2D eigenvalue weighted by Crippen LogP contribution is -2.09. The molecule has 0 atom stereocenters. The molecule has 0 unspecified atom stereocenters. The second kappa shape index (κ2) is 4.84. The Bertz CT molecular complexity index is 505. The largest absolute Gasteiger partial charge is 0.224 e. The summed E-state index contributed by atoms with van der Waals surface area (Å²) in [5, 5.41) is 8.93.